The lowest BCUT2D eigenvalue weighted by Crippen LogP contribution is -2.43. The van der Waals surface area contributed by atoms with Crippen LogP contribution in [0.3, 0.4) is 0 Å². The SMILES string of the molecule is CNCC(=O)N[C@@H](CC(C)C)C(C)=O. The third kappa shape index (κ3) is 5.70. The van der Waals surface area contributed by atoms with Crippen LogP contribution in [0.25, 0.3) is 0 Å². The van der Waals surface area contributed by atoms with Gasteiger partial charge < -0.3 is 10.6 Å². The first-order chi connectivity index (χ1) is 6.47. The van der Waals surface area contributed by atoms with Crippen LogP contribution in [0.1, 0.15) is 27.2 Å². The average Bonchev–Trinajstić information content (AvgIpc) is 2.02. The second-order valence-corrected chi connectivity index (χ2v) is 3.89. The van der Waals surface area contributed by atoms with Crippen molar-refractivity contribution in [1.82, 2.24) is 10.6 Å². The largest absolute Gasteiger partial charge is 0.345 e. The molecule has 1 atom stereocenters. The molecular weight excluding hydrogens is 180 g/mol. The fourth-order valence-corrected chi connectivity index (χ4v) is 1.20. The maximum absolute atomic E-state index is 11.2. The van der Waals surface area contributed by atoms with E-state index in [4.69, 9.17) is 0 Å². The van der Waals surface area contributed by atoms with Gasteiger partial charge in [0.2, 0.25) is 5.91 Å². The molecule has 0 heterocycles. The Morgan fingerprint density at radius 2 is 1.86 bits per heavy atom. The zero-order valence-corrected chi connectivity index (χ0v) is 9.39. The van der Waals surface area contributed by atoms with Crippen molar-refractivity contribution in [3.8, 4) is 0 Å². The lowest BCUT2D eigenvalue weighted by atomic mass is 10.0. The number of amides is 1. The van der Waals surface area contributed by atoms with Gasteiger partial charge in [-0.25, -0.2) is 0 Å². The Balaban J connectivity index is 4.09. The van der Waals surface area contributed by atoms with Crippen LogP contribution in [-0.4, -0.2) is 31.3 Å². The molecule has 2 N–H and O–H groups in total. The predicted octanol–water partition coefficient (Wildman–Crippen LogP) is 0.326. The van der Waals surface area contributed by atoms with Crippen LogP contribution in [0.4, 0.5) is 0 Å². The predicted molar refractivity (Wildman–Crippen MR) is 56.0 cm³/mol. The van der Waals surface area contributed by atoms with Crippen molar-refractivity contribution < 1.29 is 9.59 Å². The number of ketones is 1. The van der Waals surface area contributed by atoms with Crippen LogP contribution < -0.4 is 10.6 Å². The summed E-state index contributed by atoms with van der Waals surface area (Å²) in [5.74, 6) is 0.287. The molecule has 0 aromatic carbocycles. The first-order valence-corrected chi connectivity index (χ1v) is 4.91. The number of hydrogen-bond acceptors (Lipinski definition) is 3. The van der Waals surface area contributed by atoms with E-state index >= 15 is 0 Å². The number of likely N-dealkylation sites (N-methyl/N-ethyl adjacent to an activating group) is 1. The number of nitrogens with one attached hydrogen (secondary N) is 2. The van der Waals surface area contributed by atoms with E-state index in [1.54, 1.807) is 7.05 Å². The molecule has 82 valence electrons. The summed E-state index contributed by atoms with van der Waals surface area (Å²) >= 11 is 0. The third-order valence-corrected chi connectivity index (χ3v) is 1.87. The van der Waals surface area contributed by atoms with Crippen molar-refractivity contribution in [2.45, 2.75) is 33.2 Å². The molecule has 0 saturated heterocycles. The molecule has 1 amide bonds. The lowest BCUT2D eigenvalue weighted by Gasteiger charge is -2.17. The number of carbonyl (C=O) groups is 2. The molecule has 0 aliphatic rings. The van der Waals surface area contributed by atoms with E-state index in [2.05, 4.69) is 10.6 Å². The van der Waals surface area contributed by atoms with E-state index in [1.807, 2.05) is 13.8 Å². The Morgan fingerprint density at radius 3 is 2.21 bits per heavy atom. The molecular formula is C10H20N2O2. The van der Waals surface area contributed by atoms with Crippen LogP contribution in [0, 0.1) is 5.92 Å². The van der Waals surface area contributed by atoms with E-state index in [9.17, 15) is 9.59 Å². The summed E-state index contributed by atoms with van der Waals surface area (Å²) in [5, 5.41) is 5.44. The molecule has 0 saturated carbocycles. The Labute approximate surface area is 85.4 Å². The molecule has 4 heteroatoms. The summed E-state index contributed by atoms with van der Waals surface area (Å²) in [6.07, 6.45) is 0.699. The summed E-state index contributed by atoms with van der Waals surface area (Å²) in [6, 6.07) is -0.337. The first kappa shape index (κ1) is 13.1. The molecule has 0 aromatic heterocycles. The summed E-state index contributed by atoms with van der Waals surface area (Å²) in [7, 11) is 1.70. The van der Waals surface area contributed by atoms with Crippen molar-refractivity contribution in [1.29, 1.82) is 0 Å². The number of carbonyl (C=O) groups excluding carboxylic acids is 2. The quantitative estimate of drug-likeness (QED) is 0.649. The maximum atomic E-state index is 11.2. The fourth-order valence-electron chi connectivity index (χ4n) is 1.20. The van der Waals surface area contributed by atoms with Crippen molar-refractivity contribution in [2.75, 3.05) is 13.6 Å². The summed E-state index contributed by atoms with van der Waals surface area (Å²) in [4.78, 5) is 22.4. The average molecular weight is 200 g/mol. The van der Waals surface area contributed by atoms with Gasteiger partial charge in [0.25, 0.3) is 0 Å². The van der Waals surface area contributed by atoms with Crippen molar-refractivity contribution >= 4 is 11.7 Å². The van der Waals surface area contributed by atoms with Crippen LogP contribution in [0.2, 0.25) is 0 Å². The second-order valence-electron chi connectivity index (χ2n) is 3.89. The van der Waals surface area contributed by atoms with E-state index in [0.717, 1.165) is 0 Å². The molecule has 0 rings (SSSR count). The highest BCUT2D eigenvalue weighted by Crippen LogP contribution is 2.05. The maximum Gasteiger partial charge on any atom is 0.234 e. The molecule has 0 aliphatic heterocycles. The van der Waals surface area contributed by atoms with Gasteiger partial charge in [-0.05, 0) is 26.3 Å². The highest BCUT2D eigenvalue weighted by molar-refractivity contribution is 5.88. The fraction of sp³-hybridized carbons (Fsp3) is 0.800. The van der Waals surface area contributed by atoms with Crippen molar-refractivity contribution in [3.05, 3.63) is 0 Å². The van der Waals surface area contributed by atoms with Gasteiger partial charge in [-0.3, -0.25) is 9.59 Å². The Kier molecular flexibility index (Phi) is 6.12. The number of hydrogen-bond donors (Lipinski definition) is 2. The van der Waals surface area contributed by atoms with E-state index in [0.29, 0.717) is 12.3 Å². The highest BCUT2D eigenvalue weighted by Gasteiger charge is 2.17. The summed E-state index contributed by atoms with van der Waals surface area (Å²) in [5.41, 5.74) is 0. The smallest absolute Gasteiger partial charge is 0.234 e. The summed E-state index contributed by atoms with van der Waals surface area (Å²) < 4.78 is 0. The molecule has 0 spiro atoms. The van der Waals surface area contributed by atoms with Gasteiger partial charge in [-0.15, -0.1) is 0 Å². The van der Waals surface area contributed by atoms with Gasteiger partial charge in [-0.1, -0.05) is 13.8 Å². The van der Waals surface area contributed by atoms with Crippen molar-refractivity contribution in [3.63, 3.8) is 0 Å². The van der Waals surface area contributed by atoms with Gasteiger partial charge in [0, 0.05) is 0 Å². The minimum absolute atomic E-state index is 0.0168. The Hall–Kier alpha value is -0.900. The minimum Gasteiger partial charge on any atom is -0.345 e. The normalized spacial score (nSPS) is 12.6. The van der Waals surface area contributed by atoms with Crippen LogP contribution in [0.15, 0.2) is 0 Å². The third-order valence-electron chi connectivity index (χ3n) is 1.87. The molecule has 14 heavy (non-hydrogen) atoms. The molecule has 0 aliphatic carbocycles. The van der Waals surface area contributed by atoms with Gasteiger partial charge >= 0.3 is 0 Å². The Bertz CT molecular complexity index is 202. The first-order valence-electron chi connectivity index (χ1n) is 4.91. The van der Waals surface area contributed by atoms with Gasteiger partial charge in [0.15, 0.2) is 5.78 Å². The molecule has 0 unspecified atom stereocenters. The minimum atomic E-state index is -0.337. The molecule has 0 radical (unpaired) electrons. The molecule has 4 nitrogen and oxygen atoms in total. The monoisotopic (exact) mass is 200 g/mol. The van der Waals surface area contributed by atoms with Crippen LogP contribution in [0.5, 0.6) is 0 Å². The number of rotatable bonds is 6. The van der Waals surface area contributed by atoms with E-state index < -0.39 is 0 Å². The van der Waals surface area contributed by atoms with Crippen molar-refractivity contribution in [2.24, 2.45) is 5.92 Å². The number of Topliss-reactive ketones (excluding diaryl/α,β-unsaturated/α-hetero) is 1. The van der Waals surface area contributed by atoms with E-state index in [1.165, 1.54) is 6.92 Å². The van der Waals surface area contributed by atoms with Gasteiger partial charge in [0.1, 0.15) is 0 Å². The molecule has 0 aromatic rings. The van der Waals surface area contributed by atoms with E-state index in [-0.39, 0.29) is 24.3 Å². The topological polar surface area (TPSA) is 58.2 Å². The zero-order valence-electron chi connectivity index (χ0n) is 9.39. The standard InChI is InChI=1S/C10H20N2O2/c1-7(2)5-9(8(3)13)12-10(14)6-11-4/h7,9,11H,5-6H2,1-4H3,(H,12,14)/t9-/m0/s1. The summed E-state index contributed by atoms with van der Waals surface area (Å²) in [6.45, 7) is 5.81. The molecule has 0 fully saturated rings. The Morgan fingerprint density at radius 1 is 1.29 bits per heavy atom. The van der Waals surface area contributed by atoms with Crippen LogP contribution >= 0.6 is 0 Å². The van der Waals surface area contributed by atoms with Crippen LogP contribution in [-0.2, 0) is 9.59 Å². The lowest BCUT2D eigenvalue weighted by molar-refractivity contribution is -0.126. The zero-order chi connectivity index (χ0) is 11.1. The molecule has 0 bridgehead atoms. The van der Waals surface area contributed by atoms with Gasteiger partial charge in [0.05, 0.1) is 12.6 Å². The highest BCUT2D eigenvalue weighted by atomic mass is 16.2. The second kappa shape index (κ2) is 6.54. The van der Waals surface area contributed by atoms with Gasteiger partial charge in [-0.2, -0.15) is 0 Å².